The number of allylic oxidation sites excluding steroid dienone is 1. The predicted octanol–water partition coefficient (Wildman–Crippen LogP) is 3.73. The second-order valence-electron chi connectivity index (χ2n) is 3.77. The molecule has 0 spiro atoms. The number of hydrogen-bond donors (Lipinski definition) is 0. The third kappa shape index (κ3) is 16.2. The van der Waals surface area contributed by atoms with E-state index >= 15 is 0 Å². The molecule has 0 bridgehead atoms. The maximum absolute atomic E-state index is 9.75. The van der Waals surface area contributed by atoms with Crippen LogP contribution in [0, 0.1) is 0 Å². The quantitative estimate of drug-likeness (QED) is 0.420. The van der Waals surface area contributed by atoms with E-state index in [9.17, 15) is 34.5 Å². The summed E-state index contributed by atoms with van der Waals surface area (Å²) in [5, 5.41) is 0. The highest BCUT2D eigenvalue weighted by Gasteiger charge is 2.21. The van der Waals surface area contributed by atoms with Crippen LogP contribution in [-0.4, -0.2) is 25.4 Å². The van der Waals surface area contributed by atoms with Crippen molar-refractivity contribution in [3.63, 3.8) is 0 Å². The van der Waals surface area contributed by atoms with Crippen molar-refractivity contribution in [2.75, 3.05) is 0 Å². The molecule has 2 nitrogen and oxygen atoms in total. The van der Waals surface area contributed by atoms with Crippen LogP contribution in [0.1, 0.15) is 12.8 Å². The van der Waals surface area contributed by atoms with Crippen molar-refractivity contribution in [2.45, 2.75) is 12.8 Å². The molecule has 2 rings (SSSR count). The van der Waals surface area contributed by atoms with Crippen LogP contribution in [0.2, 0.25) is 0 Å². The smallest absolute Gasteiger partial charge is 0.418 e. The molecule has 0 aromatic carbocycles. The van der Waals surface area contributed by atoms with Gasteiger partial charge in [0.05, 0.1) is 4.68 Å². The molecule has 0 saturated carbocycles. The van der Waals surface area contributed by atoms with Gasteiger partial charge in [0.1, 0.15) is 0 Å². The average molecular weight is 334 g/mol. The Kier molecular flexibility index (Phi) is 8.43. The fourth-order valence-electron chi connectivity index (χ4n) is 1.26. The molecule has 0 N–H and O–H groups in total. The standard InChI is InChI=1S/C10H12N2.2BF4/c1-3-7-11(8-4-1)12-9-5-2-6-10-12;2*2-1(3,4)5/h1,3-5,7-10H,2,6H2;;/q+2;2*-1. The Morgan fingerprint density at radius 3 is 1.50 bits per heavy atom. The number of pyridine rings is 1. The van der Waals surface area contributed by atoms with Gasteiger partial charge in [0.2, 0.25) is 24.8 Å². The first-order valence-electron chi connectivity index (χ1n) is 5.96. The molecule has 2 heterocycles. The highest BCUT2D eigenvalue weighted by Crippen LogP contribution is 2.07. The first kappa shape index (κ1) is 20.1. The molecule has 0 radical (unpaired) electrons. The van der Waals surface area contributed by atoms with Gasteiger partial charge in [-0.25, -0.2) is 0 Å². The van der Waals surface area contributed by atoms with E-state index in [1.165, 1.54) is 0 Å². The van der Waals surface area contributed by atoms with Crippen LogP contribution < -0.4 is 4.68 Å². The summed E-state index contributed by atoms with van der Waals surface area (Å²) in [6.07, 6.45) is 12.8. The molecule has 0 aliphatic carbocycles. The zero-order chi connectivity index (χ0) is 17.2. The second kappa shape index (κ2) is 9.21. The molecule has 0 fully saturated rings. The van der Waals surface area contributed by atoms with Crippen molar-refractivity contribution in [3.05, 3.63) is 42.9 Å². The largest absolute Gasteiger partial charge is 0.673 e. The van der Waals surface area contributed by atoms with Crippen LogP contribution in [0.3, 0.4) is 0 Å². The minimum absolute atomic E-state index is 1.12. The van der Waals surface area contributed by atoms with E-state index in [0.29, 0.717) is 0 Å². The van der Waals surface area contributed by atoms with Gasteiger partial charge in [0, 0.05) is 23.2 Å². The Labute approximate surface area is 121 Å². The first-order valence-corrected chi connectivity index (χ1v) is 5.96. The number of aromatic nitrogens is 1. The van der Waals surface area contributed by atoms with Crippen molar-refractivity contribution in [2.24, 2.45) is 0 Å². The van der Waals surface area contributed by atoms with Gasteiger partial charge in [-0.15, -0.1) is 0 Å². The molecule has 1 aliphatic heterocycles. The predicted molar refractivity (Wildman–Crippen MR) is 67.1 cm³/mol. The molecule has 0 amide bonds. The Bertz CT molecular complexity index is 460. The third-order valence-corrected chi connectivity index (χ3v) is 1.87. The van der Waals surface area contributed by atoms with Gasteiger partial charge < -0.3 is 34.5 Å². The molecule has 12 heteroatoms. The van der Waals surface area contributed by atoms with E-state index in [1.54, 1.807) is 0 Å². The molecular weight excluding hydrogens is 322 g/mol. The highest BCUT2D eigenvalue weighted by molar-refractivity contribution is 6.50. The Morgan fingerprint density at radius 1 is 0.682 bits per heavy atom. The van der Waals surface area contributed by atoms with E-state index in [1.807, 2.05) is 30.6 Å². The van der Waals surface area contributed by atoms with Gasteiger partial charge in [-0.1, -0.05) is 0 Å². The lowest BCUT2D eigenvalue weighted by Crippen LogP contribution is -2.44. The van der Waals surface area contributed by atoms with Crippen molar-refractivity contribution in [3.8, 4) is 0 Å². The average Bonchev–Trinajstić information content (AvgIpc) is 2.37. The zero-order valence-corrected chi connectivity index (χ0v) is 11.1. The molecule has 1 aromatic rings. The maximum Gasteiger partial charge on any atom is 0.673 e. The van der Waals surface area contributed by atoms with E-state index in [-0.39, 0.29) is 0 Å². The number of hydrogen-bond acceptors (Lipinski definition) is 0. The van der Waals surface area contributed by atoms with Crippen LogP contribution in [0.4, 0.5) is 34.5 Å². The Hall–Kier alpha value is -1.87. The zero-order valence-electron chi connectivity index (χ0n) is 11.1. The van der Waals surface area contributed by atoms with Gasteiger partial charge in [-0.3, -0.25) is 0 Å². The summed E-state index contributed by atoms with van der Waals surface area (Å²) in [4.78, 5) is 0. The van der Waals surface area contributed by atoms with Crippen LogP contribution >= 0.6 is 0 Å². The molecule has 0 saturated heterocycles. The summed E-state index contributed by atoms with van der Waals surface area (Å²) in [7, 11) is -12.0. The highest BCUT2D eigenvalue weighted by atomic mass is 19.5. The Balaban J connectivity index is 0.000000372. The topological polar surface area (TPSA) is 6.89 Å². The summed E-state index contributed by atoms with van der Waals surface area (Å²) in [5.41, 5.74) is 0. The molecule has 1 aliphatic rings. The summed E-state index contributed by atoms with van der Waals surface area (Å²) < 4.78 is 82.1. The second-order valence-corrected chi connectivity index (χ2v) is 3.77. The van der Waals surface area contributed by atoms with Gasteiger partial charge in [-0.05, 0) is 18.6 Å². The van der Waals surface area contributed by atoms with Gasteiger partial charge >= 0.3 is 14.5 Å². The van der Waals surface area contributed by atoms with E-state index in [4.69, 9.17) is 0 Å². The van der Waals surface area contributed by atoms with Crippen LogP contribution in [-0.2, 0) is 0 Å². The normalized spacial score (nSPS) is 14.1. The molecule has 22 heavy (non-hydrogen) atoms. The van der Waals surface area contributed by atoms with Gasteiger partial charge in [0.15, 0.2) is 0 Å². The maximum atomic E-state index is 9.75. The first-order chi connectivity index (χ1) is 9.97. The van der Waals surface area contributed by atoms with Crippen LogP contribution in [0.25, 0.3) is 0 Å². The number of halogens is 8. The summed E-state index contributed by atoms with van der Waals surface area (Å²) in [5.74, 6) is 0. The number of rotatable bonds is 1. The molecule has 124 valence electrons. The van der Waals surface area contributed by atoms with Crippen molar-refractivity contribution >= 4 is 20.7 Å². The van der Waals surface area contributed by atoms with E-state index in [2.05, 4.69) is 27.9 Å². The minimum atomic E-state index is -6.00. The van der Waals surface area contributed by atoms with Crippen LogP contribution in [0.5, 0.6) is 0 Å². The summed E-state index contributed by atoms with van der Waals surface area (Å²) >= 11 is 0. The number of nitrogens with zero attached hydrogens (tertiary/aromatic N) is 2. The fraction of sp³-hybridized carbons (Fsp3) is 0.200. The van der Waals surface area contributed by atoms with Crippen LogP contribution in [0.15, 0.2) is 42.9 Å². The third-order valence-electron chi connectivity index (χ3n) is 1.87. The van der Waals surface area contributed by atoms with E-state index in [0.717, 1.165) is 12.8 Å². The lowest BCUT2D eigenvalue weighted by atomic mass is 10.3. The monoisotopic (exact) mass is 334 g/mol. The van der Waals surface area contributed by atoms with Gasteiger partial charge in [0.25, 0.3) is 0 Å². The molecule has 0 unspecified atom stereocenters. The van der Waals surface area contributed by atoms with Gasteiger partial charge in [-0.2, -0.15) is 0 Å². The lowest BCUT2D eigenvalue weighted by Gasteiger charge is -1.94. The molecule has 0 atom stereocenters. The van der Waals surface area contributed by atoms with Crippen molar-refractivity contribution < 1.29 is 43.9 Å². The SMILES string of the molecule is C1=C[N+]([n+]2ccccc2)=CCC1.F[B-](F)(F)F.F[B-](F)(F)F. The molecule has 1 aromatic heterocycles. The van der Waals surface area contributed by atoms with Crippen molar-refractivity contribution in [1.82, 2.24) is 0 Å². The molecular formula is C10H12B2F8N2. The summed E-state index contributed by atoms with van der Waals surface area (Å²) in [6, 6.07) is 6.07. The minimum Gasteiger partial charge on any atom is -0.418 e. The summed E-state index contributed by atoms with van der Waals surface area (Å²) in [6.45, 7) is 0. The van der Waals surface area contributed by atoms with Crippen molar-refractivity contribution in [1.29, 1.82) is 0 Å². The lowest BCUT2D eigenvalue weighted by molar-refractivity contribution is -1.18. The fourth-order valence-corrected chi connectivity index (χ4v) is 1.26. The Morgan fingerprint density at radius 2 is 1.14 bits per heavy atom. The van der Waals surface area contributed by atoms with E-state index < -0.39 is 14.5 Å².